The molecule has 0 atom stereocenters. The second-order valence-electron chi connectivity index (χ2n) is 11.1. The smallest absolute Gasteiger partial charge is 0.490 e. The van der Waals surface area contributed by atoms with Gasteiger partial charge in [0.1, 0.15) is 17.6 Å². The molecule has 0 radical (unpaired) electrons. The van der Waals surface area contributed by atoms with Gasteiger partial charge in [0, 0.05) is 19.0 Å². The van der Waals surface area contributed by atoms with Gasteiger partial charge < -0.3 is 18.6 Å². The third-order valence-electron chi connectivity index (χ3n) is 8.16. The minimum Gasteiger partial charge on any atom is -0.490 e. The van der Waals surface area contributed by atoms with E-state index in [0.29, 0.717) is 16.5 Å². The number of nitrogens with zero attached hydrogens (tertiary/aromatic N) is 3. The van der Waals surface area contributed by atoms with Gasteiger partial charge in [-0.15, -0.1) is 0 Å². The van der Waals surface area contributed by atoms with E-state index in [4.69, 9.17) is 35.9 Å². The number of benzene rings is 2. The normalized spacial score (nSPS) is 22.6. The Morgan fingerprint density at radius 1 is 1.03 bits per heavy atom. The summed E-state index contributed by atoms with van der Waals surface area (Å²) in [5, 5.41) is 9.49. The van der Waals surface area contributed by atoms with Crippen molar-refractivity contribution < 1.29 is 14.0 Å². The second kappa shape index (κ2) is 9.83. The Balaban J connectivity index is 1.22. The van der Waals surface area contributed by atoms with Crippen molar-refractivity contribution in [2.24, 2.45) is 7.05 Å². The number of ether oxygens (including phenoxy) is 1. The molecule has 6 nitrogen and oxygen atoms in total. The Hall–Kier alpha value is -2.79. The Morgan fingerprint density at radius 2 is 1.68 bits per heavy atom. The highest BCUT2D eigenvalue weighted by Crippen LogP contribution is 2.38. The van der Waals surface area contributed by atoms with Gasteiger partial charge in [0.2, 0.25) is 0 Å². The Bertz CT molecular complexity index is 1310. The first-order chi connectivity index (χ1) is 17.6. The van der Waals surface area contributed by atoms with Crippen LogP contribution in [0.5, 0.6) is 5.75 Å². The van der Waals surface area contributed by atoms with Crippen molar-refractivity contribution in [3.8, 4) is 23.1 Å². The van der Waals surface area contributed by atoms with Crippen LogP contribution >= 0.6 is 11.6 Å². The third-order valence-corrected chi connectivity index (χ3v) is 8.47. The van der Waals surface area contributed by atoms with Crippen molar-refractivity contribution in [3.05, 3.63) is 65.1 Å². The maximum Gasteiger partial charge on any atom is 0.494 e. The van der Waals surface area contributed by atoms with E-state index < -0.39 is 0 Å². The first-order valence-corrected chi connectivity index (χ1v) is 13.3. The summed E-state index contributed by atoms with van der Waals surface area (Å²) in [5.41, 5.74) is 2.99. The van der Waals surface area contributed by atoms with Crippen LogP contribution in [0, 0.1) is 11.3 Å². The van der Waals surface area contributed by atoms with E-state index in [0.717, 1.165) is 54.0 Å². The summed E-state index contributed by atoms with van der Waals surface area (Å²) in [5.74, 6) is 2.23. The monoisotopic (exact) mass is 517 g/mol. The predicted molar refractivity (Wildman–Crippen MR) is 146 cm³/mol. The molecule has 0 amide bonds. The average Bonchev–Trinajstić information content (AvgIpc) is 3.35. The highest BCUT2D eigenvalue weighted by molar-refractivity contribution is 6.62. The van der Waals surface area contributed by atoms with Gasteiger partial charge in [0.05, 0.1) is 39.8 Å². The Kier molecular flexibility index (Phi) is 6.87. The van der Waals surface area contributed by atoms with Gasteiger partial charge >= 0.3 is 7.12 Å². The molecular formula is C29H33BClN3O3. The SMILES string of the molecule is Cn1c(-c2ccc(B3OC(C)(C)C(C)(C)O3)cc2)cnc1[C@H]1CC[C@H](Oc2ccc(C#N)c(Cl)c2)CC1. The van der Waals surface area contributed by atoms with Crippen molar-refractivity contribution in [3.63, 3.8) is 0 Å². The van der Waals surface area contributed by atoms with E-state index in [-0.39, 0.29) is 24.4 Å². The molecule has 1 aromatic heterocycles. The number of nitriles is 1. The number of aromatic nitrogens is 2. The molecule has 2 aromatic carbocycles. The largest absolute Gasteiger partial charge is 0.494 e. The molecule has 1 saturated heterocycles. The fraction of sp³-hybridized carbons (Fsp3) is 0.448. The third kappa shape index (κ3) is 5.03. The van der Waals surface area contributed by atoms with Crippen LogP contribution in [0.3, 0.4) is 0 Å². The lowest BCUT2D eigenvalue weighted by molar-refractivity contribution is 0.00578. The molecule has 192 valence electrons. The van der Waals surface area contributed by atoms with E-state index in [2.05, 4.69) is 69.6 Å². The number of hydrogen-bond donors (Lipinski definition) is 0. The van der Waals surface area contributed by atoms with Crippen molar-refractivity contribution in [2.75, 3.05) is 0 Å². The number of imidazole rings is 1. The first kappa shape index (κ1) is 25.8. The molecule has 0 unspecified atom stereocenters. The van der Waals surface area contributed by atoms with Crippen LogP contribution in [0.25, 0.3) is 11.3 Å². The molecule has 0 bridgehead atoms. The summed E-state index contributed by atoms with van der Waals surface area (Å²) in [6.07, 6.45) is 6.04. The van der Waals surface area contributed by atoms with Gasteiger partial charge in [-0.2, -0.15) is 5.26 Å². The van der Waals surface area contributed by atoms with Crippen LogP contribution in [0.2, 0.25) is 5.02 Å². The fourth-order valence-electron chi connectivity index (χ4n) is 5.15. The Labute approximate surface area is 224 Å². The van der Waals surface area contributed by atoms with Crippen molar-refractivity contribution in [1.82, 2.24) is 9.55 Å². The summed E-state index contributed by atoms with van der Waals surface area (Å²) in [7, 11) is 1.74. The molecule has 2 fully saturated rings. The molecule has 0 spiro atoms. The summed E-state index contributed by atoms with van der Waals surface area (Å²) in [4.78, 5) is 4.82. The van der Waals surface area contributed by atoms with Gasteiger partial charge in [-0.25, -0.2) is 4.98 Å². The van der Waals surface area contributed by atoms with Crippen LogP contribution in [0.15, 0.2) is 48.7 Å². The van der Waals surface area contributed by atoms with E-state index >= 15 is 0 Å². The number of hydrogen-bond acceptors (Lipinski definition) is 5. The summed E-state index contributed by atoms with van der Waals surface area (Å²) < 4.78 is 20.8. The molecule has 3 aromatic rings. The van der Waals surface area contributed by atoms with Crippen LogP contribution in [0.4, 0.5) is 0 Å². The molecular weight excluding hydrogens is 485 g/mol. The maximum absolute atomic E-state index is 9.06. The van der Waals surface area contributed by atoms with Gasteiger partial charge in [0.25, 0.3) is 0 Å². The Morgan fingerprint density at radius 3 is 2.27 bits per heavy atom. The predicted octanol–water partition coefficient (Wildman–Crippen LogP) is 6.02. The summed E-state index contributed by atoms with van der Waals surface area (Å²) in [6.45, 7) is 8.28. The fourth-order valence-corrected chi connectivity index (χ4v) is 5.37. The minimum atomic E-state index is -0.362. The molecule has 1 aliphatic carbocycles. The second-order valence-corrected chi connectivity index (χ2v) is 11.5. The zero-order chi connectivity index (χ0) is 26.4. The highest BCUT2D eigenvalue weighted by atomic mass is 35.5. The minimum absolute atomic E-state index is 0.141. The molecule has 5 rings (SSSR count). The zero-order valence-electron chi connectivity index (χ0n) is 22.1. The average molecular weight is 518 g/mol. The van der Waals surface area contributed by atoms with Crippen LogP contribution < -0.4 is 10.2 Å². The van der Waals surface area contributed by atoms with Crippen LogP contribution in [-0.4, -0.2) is 34.0 Å². The molecule has 2 heterocycles. The molecule has 2 aliphatic rings. The lowest BCUT2D eigenvalue weighted by atomic mass is 9.79. The van der Waals surface area contributed by atoms with E-state index in [9.17, 15) is 0 Å². The lowest BCUT2D eigenvalue weighted by Gasteiger charge is -2.32. The zero-order valence-corrected chi connectivity index (χ0v) is 22.9. The van der Waals surface area contributed by atoms with Gasteiger partial charge in [-0.05, 0) is 76.5 Å². The molecule has 0 N–H and O–H groups in total. The van der Waals surface area contributed by atoms with Gasteiger partial charge in [0.15, 0.2) is 0 Å². The van der Waals surface area contributed by atoms with Crippen LogP contribution in [-0.2, 0) is 16.4 Å². The van der Waals surface area contributed by atoms with Crippen LogP contribution in [0.1, 0.15) is 70.7 Å². The van der Waals surface area contributed by atoms with E-state index in [1.807, 2.05) is 12.3 Å². The van der Waals surface area contributed by atoms with Crippen molar-refractivity contribution in [2.45, 2.75) is 76.6 Å². The van der Waals surface area contributed by atoms with Gasteiger partial charge in [-0.1, -0.05) is 35.9 Å². The molecule has 1 aliphatic heterocycles. The van der Waals surface area contributed by atoms with Crippen molar-refractivity contribution in [1.29, 1.82) is 5.26 Å². The molecule has 37 heavy (non-hydrogen) atoms. The number of rotatable bonds is 5. The number of halogens is 1. The quantitative estimate of drug-likeness (QED) is 0.387. The summed E-state index contributed by atoms with van der Waals surface area (Å²) in [6, 6.07) is 15.8. The van der Waals surface area contributed by atoms with Crippen molar-refractivity contribution >= 4 is 24.2 Å². The maximum atomic E-state index is 9.06. The topological polar surface area (TPSA) is 69.3 Å². The lowest BCUT2D eigenvalue weighted by Crippen LogP contribution is -2.41. The van der Waals surface area contributed by atoms with Gasteiger partial charge in [-0.3, -0.25) is 0 Å². The van der Waals surface area contributed by atoms with E-state index in [1.54, 1.807) is 12.1 Å². The molecule has 1 saturated carbocycles. The standard InChI is InChI=1S/C29H33BClN3O3/c1-28(2)29(3,4)37-30(36-28)22-11-6-19(7-12-22)26-18-33-27(34(26)5)20-8-13-23(14-9-20)35-24-15-10-21(17-32)25(31)16-24/h6-7,10-12,15-16,18,20,23H,8-9,13-14H2,1-5H3/t20-,23-. The van der Waals surface area contributed by atoms with E-state index in [1.165, 1.54) is 0 Å². The first-order valence-electron chi connectivity index (χ1n) is 12.9. The molecule has 8 heteroatoms. The summed E-state index contributed by atoms with van der Waals surface area (Å²) >= 11 is 6.16. The highest BCUT2D eigenvalue weighted by Gasteiger charge is 2.51.